The van der Waals surface area contributed by atoms with Gasteiger partial charge in [-0.25, -0.2) is 0 Å². The van der Waals surface area contributed by atoms with Crippen LogP contribution in [0.15, 0.2) is 16.7 Å². The van der Waals surface area contributed by atoms with Crippen molar-refractivity contribution >= 4 is 0 Å². The molecule has 1 saturated carbocycles. The van der Waals surface area contributed by atoms with Crippen LogP contribution in [0.3, 0.4) is 0 Å². The molecule has 100 valence electrons. The predicted octanol–water partition coefficient (Wildman–Crippen LogP) is 2.34. The molecular weight excluding hydrogens is 240 g/mol. The molecule has 0 spiro atoms. The number of aryl methyl sites for hydroxylation is 2. The fourth-order valence-corrected chi connectivity index (χ4v) is 2.72. The van der Waals surface area contributed by atoms with Crippen molar-refractivity contribution < 1.29 is 4.52 Å². The van der Waals surface area contributed by atoms with Crippen molar-refractivity contribution in [2.24, 2.45) is 5.73 Å². The molecule has 0 bridgehead atoms. The highest BCUT2D eigenvalue weighted by Crippen LogP contribution is 2.33. The van der Waals surface area contributed by atoms with Crippen LogP contribution in [-0.2, 0) is 0 Å². The van der Waals surface area contributed by atoms with E-state index in [0.717, 1.165) is 42.1 Å². The standard InChI is InChI=1S/C14H18N4O/c1-8-5-11(6-9(2)16-8)13-17-14(19-18-13)10-3-4-12(15)7-10/h5-6,10,12H,3-4,7,15H2,1-2H3/t10-,12+/m1/s1. The Morgan fingerprint density at radius 2 is 1.89 bits per heavy atom. The van der Waals surface area contributed by atoms with Crippen LogP contribution < -0.4 is 5.73 Å². The van der Waals surface area contributed by atoms with Crippen molar-refractivity contribution in [1.29, 1.82) is 0 Å². The minimum absolute atomic E-state index is 0.269. The predicted molar refractivity (Wildman–Crippen MR) is 71.6 cm³/mol. The molecule has 2 N–H and O–H groups in total. The van der Waals surface area contributed by atoms with Gasteiger partial charge in [-0.1, -0.05) is 5.16 Å². The quantitative estimate of drug-likeness (QED) is 0.894. The topological polar surface area (TPSA) is 77.8 Å². The number of rotatable bonds is 2. The second kappa shape index (κ2) is 4.74. The lowest BCUT2D eigenvalue weighted by Crippen LogP contribution is -2.14. The van der Waals surface area contributed by atoms with E-state index in [-0.39, 0.29) is 6.04 Å². The van der Waals surface area contributed by atoms with E-state index in [9.17, 15) is 0 Å². The van der Waals surface area contributed by atoms with Gasteiger partial charge in [-0.15, -0.1) is 0 Å². The molecule has 0 aromatic carbocycles. The van der Waals surface area contributed by atoms with Crippen molar-refractivity contribution in [3.05, 3.63) is 29.4 Å². The molecule has 2 aromatic rings. The van der Waals surface area contributed by atoms with Crippen molar-refractivity contribution in [2.45, 2.75) is 45.1 Å². The van der Waals surface area contributed by atoms with E-state index in [0.29, 0.717) is 11.7 Å². The van der Waals surface area contributed by atoms with Gasteiger partial charge in [0.25, 0.3) is 0 Å². The minimum atomic E-state index is 0.269. The van der Waals surface area contributed by atoms with Crippen LogP contribution in [0.2, 0.25) is 0 Å². The van der Waals surface area contributed by atoms with Gasteiger partial charge >= 0.3 is 0 Å². The Hall–Kier alpha value is -1.75. The maximum absolute atomic E-state index is 5.92. The molecule has 0 amide bonds. The van der Waals surface area contributed by atoms with Gasteiger partial charge in [0.05, 0.1) is 0 Å². The lowest BCUT2D eigenvalue weighted by molar-refractivity contribution is 0.353. The van der Waals surface area contributed by atoms with E-state index in [4.69, 9.17) is 10.3 Å². The number of hydrogen-bond acceptors (Lipinski definition) is 5. The number of pyridine rings is 1. The molecule has 1 aliphatic carbocycles. The molecule has 19 heavy (non-hydrogen) atoms. The Morgan fingerprint density at radius 1 is 1.16 bits per heavy atom. The van der Waals surface area contributed by atoms with Crippen LogP contribution in [0.4, 0.5) is 0 Å². The molecule has 0 aliphatic heterocycles. The molecule has 1 fully saturated rings. The van der Waals surface area contributed by atoms with Crippen LogP contribution in [0.1, 0.15) is 42.5 Å². The van der Waals surface area contributed by atoms with E-state index in [2.05, 4.69) is 15.1 Å². The number of aromatic nitrogens is 3. The van der Waals surface area contributed by atoms with Gasteiger partial charge in [0.1, 0.15) is 0 Å². The maximum Gasteiger partial charge on any atom is 0.230 e. The smallest absolute Gasteiger partial charge is 0.230 e. The summed E-state index contributed by atoms with van der Waals surface area (Å²) in [7, 11) is 0. The molecule has 1 aliphatic rings. The summed E-state index contributed by atoms with van der Waals surface area (Å²) in [5.41, 5.74) is 8.81. The molecule has 5 heteroatoms. The van der Waals surface area contributed by atoms with Gasteiger partial charge in [-0.2, -0.15) is 4.98 Å². The fraction of sp³-hybridized carbons (Fsp3) is 0.500. The molecule has 2 atom stereocenters. The minimum Gasteiger partial charge on any atom is -0.339 e. The molecule has 5 nitrogen and oxygen atoms in total. The highest BCUT2D eigenvalue weighted by molar-refractivity contribution is 5.55. The van der Waals surface area contributed by atoms with Gasteiger partial charge in [0.2, 0.25) is 11.7 Å². The first kappa shape index (κ1) is 12.3. The van der Waals surface area contributed by atoms with Crippen molar-refractivity contribution in [1.82, 2.24) is 15.1 Å². The van der Waals surface area contributed by atoms with Gasteiger partial charge in [0, 0.05) is 28.9 Å². The number of nitrogens with two attached hydrogens (primary N) is 1. The maximum atomic E-state index is 5.92. The third-order valence-corrected chi connectivity index (χ3v) is 3.60. The van der Waals surface area contributed by atoms with Gasteiger partial charge in [-0.05, 0) is 45.2 Å². The van der Waals surface area contributed by atoms with Gasteiger partial charge in [-0.3, -0.25) is 4.98 Å². The molecule has 3 rings (SSSR count). The molecule has 2 aromatic heterocycles. The zero-order valence-electron chi connectivity index (χ0n) is 11.3. The van der Waals surface area contributed by atoms with Crippen LogP contribution >= 0.6 is 0 Å². The first-order valence-electron chi connectivity index (χ1n) is 6.66. The van der Waals surface area contributed by atoms with E-state index < -0.39 is 0 Å². The van der Waals surface area contributed by atoms with E-state index in [1.807, 2.05) is 26.0 Å². The summed E-state index contributed by atoms with van der Waals surface area (Å²) >= 11 is 0. The van der Waals surface area contributed by atoms with Gasteiger partial charge in [0.15, 0.2) is 0 Å². The van der Waals surface area contributed by atoms with E-state index in [1.54, 1.807) is 0 Å². The van der Waals surface area contributed by atoms with Crippen LogP contribution in [-0.4, -0.2) is 21.2 Å². The summed E-state index contributed by atoms with van der Waals surface area (Å²) in [5.74, 6) is 1.68. The molecule has 0 saturated heterocycles. The summed E-state index contributed by atoms with van der Waals surface area (Å²) in [6, 6.07) is 4.22. The zero-order chi connectivity index (χ0) is 13.4. The van der Waals surface area contributed by atoms with E-state index in [1.165, 1.54) is 0 Å². The van der Waals surface area contributed by atoms with Crippen molar-refractivity contribution in [3.63, 3.8) is 0 Å². The fourth-order valence-electron chi connectivity index (χ4n) is 2.72. The second-order valence-electron chi connectivity index (χ2n) is 5.36. The number of nitrogens with zero attached hydrogens (tertiary/aromatic N) is 3. The summed E-state index contributed by atoms with van der Waals surface area (Å²) in [6.07, 6.45) is 3.02. The first-order valence-corrected chi connectivity index (χ1v) is 6.66. The summed E-state index contributed by atoms with van der Waals surface area (Å²) in [5, 5.41) is 4.08. The highest BCUT2D eigenvalue weighted by atomic mass is 16.5. The summed E-state index contributed by atoms with van der Waals surface area (Å²) in [4.78, 5) is 8.87. The normalized spacial score (nSPS) is 22.9. The van der Waals surface area contributed by atoms with E-state index >= 15 is 0 Å². The van der Waals surface area contributed by atoms with Crippen molar-refractivity contribution in [2.75, 3.05) is 0 Å². The summed E-state index contributed by atoms with van der Waals surface area (Å²) in [6.45, 7) is 3.93. The zero-order valence-corrected chi connectivity index (χ0v) is 11.3. The largest absolute Gasteiger partial charge is 0.339 e. The molecule has 0 radical (unpaired) electrons. The first-order chi connectivity index (χ1) is 9.11. The Balaban J connectivity index is 1.88. The van der Waals surface area contributed by atoms with Crippen molar-refractivity contribution in [3.8, 4) is 11.4 Å². The Labute approximate surface area is 112 Å². The Bertz CT molecular complexity index is 573. The van der Waals surface area contributed by atoms with Gasteiger partial charge < -0.3 is 10.3 Å². The summed E-state index contributed by atoms with van der Waals surface area (Å²) < 4.78 is 5.39. The Kier molecular flexibility index (Phi) is 3.06. The SMILES string of the molecule is Cc1cc(-c2noc([C@@H]3CC[C@H](N)C3)n2)cc(C)n1. The third-order valence-electron chi connectivity index (χ3n) is 3.60. The lowest BCUT2D eigenvalue weighted by atomic mass is 10.1. The monoisotopic (exact) mass is 258 g/mol. The molecule has 0 unspecified atom stereocenters. The lowest BCUT2D eigenvalue weighted by Gasteiger charge is -2.01. The molecule has 2 heterocycles. The van der Waals surface area contributed by atoms with Crippen LogP contribution in [0.25, 0.3) is 11.4 Å². The average Bonchev–Trinajstić information content (AvgIpc) is 2.95. The average molecular weight is 258 g/mol. The van der Waals surface area contributed by atoms with Crippen LogP contribution in [0, 0.1) is 13.8 Å². The van der Waals surface area contributed by atoms with Crippen LogP contribution in [0.5, 0.6) is 0 Å². The second-order valence-corrected chi connectivity index (χ2v) is 5.36. The molecular formula is C14H18N4O. The third kappa shape index (κ3) is 2.51. The highest BCUT2D eigenvalue weighted by Gasteiger charge is 2.28. The Morgan fingerprint density at radius 3 is 2.53 bits per heavy atom. The number of hydrogen-bond donors (Lipinski definition) is 1.